The average Bonchev–Trinajstić information content (AvgIpc) is 3.01. The molecule has 0 N–H and O–H groups in total. The van der Waals surface area contributed by atoms with E-state index >= 15 is 0 Å². The van der Waals surface area contributed by atoms with Crippen molar-refractivity contribution in [2.24, 2.45) is 5.92 Å². The largest absolute Gasteiger partial charge is 0.491 e. The number of amides is 2. The molecule has 0 bridgehead atoms. The zero-order valence-corrected chi connectivity index (χ0v) is 19.8. The van der Waals surface area contributed by atoms with Gasteiger partial charge in [0.2, 0.25) is 0 Å². The molecule has 6 heteroatoms. The van der Waals surface area contributed by atoms with Gasteiger partial charge in [-0.2, -0.15) is 0 Å². The second-order valence-electron chi connectivity index (χ2n) is 8.91. The fraction of sp³-hybridized carbons (Fsp3) is 0.385. The van der Waals surface area contributed by atoms with Gasteiger partial charge in [-0.05, 0) is 74.9 Å². The molecule has 0 aliphatic carbocycles. The smallest absolute Gasteiger partial charge is 0.282 e. The number of hydrogen-bond donors (Lipinski definition) is 0. The minimum absolute atomic E-state index is 0.0574. The molecule has 1 saturated heterocycles. The summed E-state index contributed by atoms with van der Waals surface area (Å²) in [6.07, 6.45) is 2.05. The quantitative estimate of drug-likeness (QED) is 0.566. The van der Waals surface area contributed by atoms with Crippen LogP contribution in [0.1, 0.15) is 44.7 Å². The summed E-state index contributed by atoms with van der Waals surface area (Å²) >= 11 is 6.31. The van der Waals surface area contributed by atoms with Gasteiger partial charge in [0.25, 0.3) is 11.8 Å². The highest BCUT2D eigenvalue weighted by atomic mass is 35.5. The number of ether oxygens (including phenoxy) is 1. The molecule has 0 saturated carbocycles. The summed E-state index contributed by atoms with van der Waals surface area (Å²) in [5.41, 5.74) is 2.89. The third-order valence-corrected chi connectivity index (χ3v) is 6.56. The van der Waals surface area contributed by atoms with Crippen molar-refractivity contribution in [3.8, 4) is 5.75 Å². The molecule has 1 fully saturated rings. The van der Waals surface area contributed by atoms with E-state index in [-0.39, 0.29) is 17.9 Å². The van der Waals surface area contributed by atoms with E-state index in [4.69, 9.17) is 16.3 Å². The van der Waals surface area contributed by atoms with Gasteiger partial charge in [0.05, 0.1) is 17.4 Å². The van der Waals surface area contributed by atoms with Gasteiger partial charge in [0, 0.05) is 18.1 Å². The maximum Gasteiger partial charge on any atom is 0.282 e. The second-order valence-corrected chi connectivity index (χ2v) is 9.32. The van der Waals surface area contributed by atoms with Crippen LogP contribution in [-0.4, -0.2) is 35.9 Å². The Bertz CT molecular complexity index is 1070. The van der Waals surface area contributed by atoms with Crippen LogP contribution >= 0.6 is 11.6 Å². The predicted molar refractivity (Wildman–Crippen MR) is 128 cm³/mol. The lowest BCUT2D eigenvalue weighted by atomic mass is 9.97. The van der Waals surface area contributed by atoms with E-state index in [1.54, 1.807) is 18.2 Å². The maximum atomic E-state index is 13.7. The maximum absolute atomic E-state index is 13.7. The van der Waals surface area contributed by atoms with Crippen LogP contribution in [0.25, 0.3) is 5.57 Å². The van der Waals surface area contributed by atoms with Crippen molar-refractivity contribution in [2.75, 3.05) is 18.0 Å². The summed E-state index contributed by atoms with van der Waals surface area (Å²) in [6.45, 7) is 9.51. The number of piperidine rings is 1. The molecule has 0 atom stereocenters. The zero-order chi connectivity index (χ0) is 23.0. The SMILES string of the molecule is Cc1c(Cl)cccc1N1C(=O)C(c2ccc(OC(C)C)cc2)=C(N2CCC(C)CC2)C1=O. The zero-order valence-electron chi connectivity index (χ0n) is 19.0. The van der Waals surface area contributed by atoms with Gasteiger partial charge < -0.3 is 9.64 Å². The molecule has 2 aromatic rings. The highest BCUT2D eigenvalue weighted by molar-refractivity contribution is 6.46. The van der Waals surface area contributed by atoms with E-state index < -0.39 is 0 Å². The molecule has 0 radical (unpaired) electrons. The fourth-order valence-corrected chi connectivity index (χ4v) is 4.50. The molecule has 2 heterocycles. The standard InChI is InChI=1S/C26H29ClN2O3/c1-16(2)32-20-10-8-19(9-11-20)23-24(28-14-12-17(3)13-15-28)26(31)29(25(23)30)22-7-5-6-21(27)18(22)4/h5-11,16-17H,12-15H2,1-4H3. The first kappa shape index (κ1) is 22.4. The Kier molecular flexibility index (Phi) is 6.29. The van der Waals surface area contributed by atoms with E-state index in [0.717, 1.165) is 37.2 Å². The Hall–Kier alpha value is -2.79. The molecule has 32 heavy (non-hydrogen) atoms. The Morgan fingerprint density at radius 1 is 1.00 bits per heavy atom. The molecule has 2 aliphatic heterocycles. The van der Waals surface area contributed by atoms with Gasteiger partial charge in [0.1, 0.15) is 11.4 Å². The molecular weight excluding hydrogens is 424 g/mol. The Morgan fingerprint density at radius 3 is 2.28 bits per heavy atom. The van der Waals surface area contributed by atoms with Crippen molar-refractivity contribution in [1.82, 2.24) is 4.90 Å². The Labute approximate surface area is 194 Å². The van der Waals surface area contributed by atoms with Crippen molar-refractivity contribution in [3.63, 3.8) is 0 Å². The van der Waals surface area contributed by atoms with Crippen LogP contribution in [0.5, 0.6) is 5.75 Å². The topological polar surface area (TPSA) is 49.9 Å². The third-order valence-electron chi connectivity index (χ3n) is 6.15. The summed E-state index contributed by atoms with van der Waals surface area (Å²) in [6, 6.07) is 12.7. The van der Waals surface area contributed by atoms with Gasteiger partial charge in [-0.1, -0.05) is 36.7 Å². The van der Waals surface area contributed by atoms with Crippen LogP contribution in [0, 0.1) is 12.8 Å². The first-order chi connectivity index (χ1) is 15.3. The number of carbonyl (C=O) groups is 2. The normalized spacial score (nSPS) is 17.7. The van der Waals surface area contributed by atoms with Crippen LogP contribution < -0.4 is 9.64 Å². The number of nitrogens with zero attached hydrogens (tertiary/aromatic N) is 2. The summed E-state index contributed by atoms with van der Waals surface area (Å²) in [4.78, 5) is 30.8. The molecule has 0 aromatic heterocycles. The van der Waals surface area contributed by atoms with Gasteiger partial charge in [-0.15, -0.1) is 0 Å². The number of imide groups is 1. The Morgan fingerprint density at radius 2 is 1.66 bits per heavy atom. The van der Waals surface area contributed by atoms with Gasteiger partial charge in [-0.3, -0.25) is 9.59 Å². The lowest BCUT2D eigenvalue weighted by Crippen LogP contribution is -2.38. The van der Waals surface area contributed by atoms with Crippen molar-refractivity contribution in [1.29, 1.82) is 0 Å². The van der Waals surface area contributed by atoms with Crippen LogP contribution in [0.4, 0.5) is 5.69 Å². The van der Waals surface area contributed by atoms with Crippen LogP contribution in [0.2, 0.25) is 5.02 Å². The molecular formula is C26H29ClN2O3. The van der Waals surface area contributed by atoms with E-state index in [1.807, 2.05) is 45.0 Å². The van der Waals surface area contributed by atoms with E-state index in [9.17, 15) is 9.59 Å². The van der Waals surface area contributed by atoms with E-state index in [2.05, 4.69) is 11.8 Å². The number of carbonyl (C=O) groups excluding carboxylic acids is 2. The number of likely N-dealkylation sites (tertiary alicyclic amines) is 1. The number of anilines is 1. The summed E-state index contributed by atoms with van der Waals surface area (Å²) in [7, 11) is 0. The minimum atomic E-state index is -0.313. The average molecular weight is 453 g/mol. The molecule has 2 aromatic carbocycles. The minimum Gasteiger partial charge on any atom is -0.491 e. The molecule has 5 nitrogen and oxygen atoms in total. The number of hydrogen-bond acceptors (Lipinski definition) is 4. The summed E-state index contributed by atoms with van der Waals surface area (Å²) in [5, 5.41) is 0.528. The Balaban J connectivity index is 1.79. The first-order valence-corrected chi connectivity index (χ1v) is 11.6. The molecule has 4 rings (SSSR count). The highest BCUT2D eigenvalue weighted by Crippen LogP contribution is 2.39. The van der Waals surface area contributed by atoms with Crippen LogP contribution in [-0.2, 0) is 9.59 Å². The van der Waals surface area contributed by atoms with Gasteiger partial charge in [0.15, 0.2) is 0 Å². The lowest BCUT2D eigenvalue weighted by Gasteiger charge is -2.32. The molecule has 168 valence electrons. The number of rotatable bonds is 5. The number of benzene rings is 2. The van der Waals surface area contributed by atoms with Crippen molar-refractivity contribution < 1.29 is 14.3 Å². The van der Waals surface area contributed by atoms with E-state index in [0.29, 0.717) is 33.5 Å². The van der Waals surface area contributed by atoms with Crippen LogP contribution in [0.15, 0.2) is 48.2 Å². The lowest BCUT2D eigenvalue weighted by molar-refractivity contribution is -0.120. The van der Waals surface area contributed by atoms with E-state index in [1.165, 1.54) is 4.90 Å². The van der Waals surface area contributed by atoms with Crippen molar-refractivity contribution in [3.05, 3.63) is 64.3 Å². The summed E-state index contributed by atoms with van der Waals surface area (Å²) < 4.78 is 5.75. The monoisotopic (exact) mass is 452 g/mol. The van der Waals surface area contributed by atoms with Gasteiger partial charge in [-0.25, -0.2) is 4.90 Å². The molecule has 2 amide bonds. The highest BCUT2D eigenvalue weighted by Gasteiger charge is 2.43. The fourth-order valence-electron chi connectivity index (χ4n) is 4.33. The molecule has 0 spiro atoms. The van der Waals surface area contributed by atoms with Gasteiger partial charge >= 0.3 is 0 Å². The third kappa shape index (κ3) is 4.14. The first-order valence-electron chi connectivity index (χ1n) is 11.2. The number of halogens is 1. The second kappa shape index (κ2) is 8.99. The summed E-state index contributed by atoms with van der Waals surface area (Å²) in [5.74, 6) is 0.747. The van der Waals surface area contributed by atoms with Crippen molar-refractivity contribution in [2.45, 2.75) is 46.6 Å². The molecule has 2 aliphatic rings. The molecule has 0 unspecified atom stereocenters. The van der Waals surface area contributed by atoms with Crippen molar-refractivity contribution >= 4 is 34.7 Å². The predicted octanol–water partition coefficient (Wildman–Crippen LogP) is 5.45. The van der Waals surface area contributed by atoms with Crippen LogP contribution in [0.3, 0.4) is 0 Å².